The number of nitrogens with two attached hydrogens (primary N) is 1. The van der Waals surface area contributed by atoms with E-state index in [4.69, 9.17) is 5.73 Å². The third-order valence-electron chi connectivity index (χ3n) is 4.33. The highest BCUT2D eigenvalue weighted by Crippen LogP contribution is 2.22. The number of benzene rings is 1. The first kappa shape index (κ1) is 17.5. The van der Waals surface area contributed by atoms with Crippen molar-refractivity contribution in [2.75, 3.05) is 18.4 Å². The summed E-state index contributed by atoms with van der Waals surface area (Å²) >= 11 is 0. The number of amides is 2. The van der Waals surface area contributed by atoms with Crippen LogP contribution in [-0.4, -0.2) is 35.8 Å². The number of para-hydroxylation sites is 1. The average molecular weight is 317 g/mol. The summed E-state index contributed by atoms with van der Waals surface area (Å²) in [5.74, 6) is 0.571. The van der Waals surface area contributed by atoms with E-state index >= 15 is 0 Å². The lowest BCUT2D eigenvalue weighted by Gasteiger charge is -2.30. The number of piperidine rings is 1. The van der Waals surface area contributed by atoms with Crippen LogP contribution in [-0.2, 0) is 4.79 Å². The molecule has 1 unspecified atom stereocenters. The first-order chi connectivity index (χ1) is 11.0. The zero-order valence-corrected chi connectivity index (χ0v) is 14.0. The van der Waals surface area contributed by atoms with Crippen LogP contribution in [0.15, 0.2) is 24.3 Å². The summed E-state index contributed by atoms with van der Waals surface area (Å²) in [4.78, 5) is 26.6. The van der Waals surface area contributed by atoms with Gasteiger partial charge < -0.3 is 16.0 Å². The number of rotatable bonds is 5. The molecule has 5 nitrogen and oxygen atoms in total. The molecule has 0 aromatic heterocycles. The fourth-order valence-electron chi connectivity index (χ4n) is 2.73. The fourth-order valence-corrected chi connectivity index (χ4v) is 2.73. The summed E-state index contributed by atoms with van der Waals surface area (Å²) in [7, 11) is 0. The summed E-state index contributed by atoms with van der Waals surface area (Å²) in [5, 5.41) is 2.85. The van der Waals surface area contributed by atoms with Crippen molar-refractivity contribution in [3.63, 3.8) is 0 Å². The molecule has 1 aromatic carbocycles. The lowest BCUT2D eigenvalue weighted by atomic mass is 9.98. The van der Waals surface area contributed by atoms with E-state index in [1.54, 1.807) is 12.1 Å². The number of carbonyl (C=O) groups is 2. The molecule has 0 radical (unpaired) electrons. The van der Waals surface area contributed by atoms with Crippen molar-refractivity contribution >= 4 is 17.5 Å². The maximum absolute atomic E-state index is 12.7. The van der Waals surface area contributed by atoms with Gasteiger partial charge in [0.15, 0.2) is 0 Å². The minimum atomic E-state index is -0.102. The van der Waals surface area contributed by atoms with E-state index in [1.165, 1.54) is 0 Å². The molecule has 0 bridgehead atoms. The summed E-state index contributed by atoms with van der Waals surface area (Å²) in [6.45, 7) is 5.66. The minimum absolute atomic E-state index is 0.00000656. The molecule has 0 spiro atoms. The Labute approximate surface area is 138 Å². The standard InChI is InChI=1S/C18H27N3O2/c1-13-9-11-21(12-10-13)18(23)15-5-3-4-6-16(15)20-17(22)8-7-14(2)19/h3-6,13-14H,7-12,19H2,1-2H3,(H,20,22). The Morgan fingerprint density at radius 2 is 1.96 bits per heavy atom. The molecule has 1 fully saturated rings. The van der Waals surface area contributed by atoms with E-state index in [1.807, 2.05) is 24.0 Å². The molecule has 23 heavy (non-hydrogen) atoms. The lowest BCUT2D eigenvalue weighted by Crippen LogP contribution is -2.38. The van der Waals surface area contributed by atoms with Crippen LogP contribution in [0.1, 0.15) is 49.9 Å². The molecule has 0 aliphatic carbocycles. The van der Waals surface area contributed by atoms with Gasteiger partial charge in [-0.3, -0.25) is 9.59 Å². The van der Waals surface area contributed by atoms with Gasteiger partial charge in [-0.25, -0.2) is 0 Å². The normalized spacial score (nSPS) is 16.9. The van der Waals surface area contributed by atoms with Crippen LogP contribution in [0, 0.1) is 5.92 Å². The SMILES string of the molecule is CC(N)CCC(=O)Nc1ccccc1C(=O)N1CCC(C)CC1. The Hall–Kier alpha value is -1.88. The molecule has 1 aliphatic rings. The largest absolute Gasteiger partial charge is 0.339 e. The number of hydrogen-bond acceptors (Lipinski definition) is 3. The average Bonchev–Trinajstić information content (AvgIpc) is 2.53. The van der Waals surface area contributed by atoms with Crippen LogP contribution in [0.3, 0.4) is 0 Å². The Kier molecular flexibility index (Phi) is 6.16. The van der Waals surface area contributed by atoms with E-state index in [0.717, 1.165) is 25.9 Å². The second kappa shape index (κ2) is 8.11. The predicted octanol–water partition coefficient (Wildman–Crippen LogP) is 2.62. The van der Waals surface area contributed by atoms with Crippen molar-refractivity contribution in [1.82, 2.24) is 4.90 Å². The fraction of sp³-hybridized carbons (Fsp3) is 0.556. The second-order valence-electron chi connectivity index (χ2n) is 6.58. The van der Waals surface area contributed by atoms with Crippen molar-refractivity contribution in [2.45, 2.75) is 45.6 Å². The second-order valence-corrected chi connectivity index (χ2v) is 6.58. The molecule has 5 heteroatoms. The van der Waals surface area contributed by atoms with Gasteiger partial charge in [-0.15, -0.1) is 0 Å². The molecule has 2 amide bonds. The molecule has 1 aromatic rings. The summed E-state index contributed by atoms with van der Waals surface area (Å²) in [6.07, 6.45) is 3.07. The molecular formula is C18H27N3O2. The lowest BCUT2D eigenvalue weighted by molar-refractivity contribution is -0.116. The van der Waals surface area contributed by atoms with Gasteiger partial charge in [0.25, 0.3) is 5.91 Å². The Balaban J connectivity index is 2.05. The number of nitrogens with one attached hydrogen (secondary N) is 1. The van der Waals surface area contributed by atoms with Gasteiger partial charge in [0.05, 0.1) is 11.3 Å². The van der Waals surface area contributed by atoms with Gasteiger partial charge in [0.2, 0.25) is 5.91 Å². The highest BCUT2D eigenvalue weighted by molar-refractivity contribution is 6.03. The van der Waals surface area contributed by atoms with Crippen LogP contribution in [0.25, 0.3) is 0 Å². The van der Waals surface area contributed by atoms with Crippen molar-refractivity contribution in [3.8, 4) is 0 Å². The van der Waals surface area contributed by atoms with Crippen LogP contribution in [0.2, 0.25) is 0 Å². The maximum atomic E-state index is 12.7. The smallest absolute Gasteiger partial charge is 0.255 e. The van der Waals surface area contributed by atoms with Crippen molar-refractivity contribution in [2.24, 2.45) is 11.7 Å². The molecular weight excluding hydrogens is 290 g/mol. The Morgan fingerprint density at radius 3 is 2.61 bits per heavy atom. The Bertz CT molecular complexity index is 549. The predicted molar refractivity (Wildman–Crippen MR) is 92.3 cm³/mol. The van der Waals surface area contributed by atoms with Crippen molar-refractivity contribution in [3.05, 3.63) is 29.8 Å². The topological polar surface area (TPSA) is 75.4 Å². The van der Waals surface area contributed by atoms with Crippen LogP contribution in [0.5, 0.6) is 0 Å². The van der Waals surface area contributed by atoms with Gasteiger partial charge in [-0.05, 0) is 44.2 Å². The number of likely N-dealkylation sites (tertiary alicyclic amines) is 1. The van der Waals surface area contributed by atoms with Gasteiger partial charge in [0, 0.05) is 25.6 Å². The van der Waals surface area contributed by atoms with E-state index in [-0.39, 0.29) is 17.9 Å². The van der Waals surface area contributed by atoms with Gasteiger partial charge in [0.1, 0.15) is 0 Å². The first-order valence-electron chi connectivity index (χ1n) is 8.41. The molecule has 1 atom stereocenters. The van der Waals surface area contributed by atoms with Crippen LogP contribution < -0.4 is 11.1 Å². The van der Waals surface area contributed by atoms with Crippen molar-refractivity contribution in [1.29, 1.82) is 0 Å². The molecule has 2 rings (SSSR count). The molecule has 126 valence electrons. The number of anilines is 1. The van der Waals surface area contributed by atoms with E-state index in [2.05, 4.69) is 12.2 Å². The highest BCUT2D eigenvalue weighted by atomic mass is 16.2. The zero-order valence-electron chi connectivity index (χ0n) is 14.0. The summed E-state index contributed by atoms with van der Waals surface area (Å²) in [5.41, 5.74) is 6.83. The van der Waals surface area contributed by atoms with E-state index in [0.29, 0.717) is 30.0 Å². The minimum Gasteiger partial charge on any atom is -0.339 e. The number of nitrogens with zero attached hydrogens (tertiary/aromatic N) is 1. The third kappa shape index (κ3) is 5.06. The zero-order chi connectivity index (χ0) is 16.8. The molecule has 1 saturated heterocycles. The van der Waals surface area contributed by atoms with Gasteiger partial charge in [-0.1, -0.05) is 19.1 Å². The number of carbonyl (C=O) groups excluding carboxylic acids is 2. The van der Waals surface area contributed by atoms with Gasteiger partial charge in [-0.2, -0.15) is 0 Å². The third-order valence-corrected chi connectivity index (χ3v) is 4.33. The van der Waals surface area contributed by atoms with Crippen LogP contribution >= 0.6 is 0 Å². The highest BCUT2D eigenvalue weighted by Gasteiger charge is 2.23. The maximum Gasteiger partial charge on any atom is 0.255 e. The quantitative estimate of drug-likeness (QED) is 0.876. The first-order valence-corrected chi connectivity index (χ1v) is 8.41. The van der Waals surface area contributed by atoms with E-state index in [9.17, 15) is 9.59 Å². The molecule has 1 aliphatic heterocycles. The van der Waals surface area contributed by atoms with E-state index < -0.39 is 0 Å². The molecule has 1 heterocycles. The molecule has 0 saturated carbocycles. The van der Waals surface area contributed by atoms with Gasteiger partial charge >= 0.3 is 0 Å². The van der Waals surface area contributed by atoms with Crippen LogP contribution in [0.4, 0.5) is 5.69 Å². The van der Waals surface area contributed by atoms with Crippen molar-refractivity contribution < 1.29 is 9.59 Å². The monoisotopic (exact) mass is 317 g/mol. The summed E-state index contributed by atoms with van der Waals surface area (Å²) < 4.78 is 0. The number of hydrogen-bond donors (Lipinski definition) is 2. The Morgan fingerprint density at radius 1 is 1.30 bits per heavy atom. The molecule has 3 N–H and O–H groups in total. The summed E-state index contributed by atoms with van der Waals surface area (Å²) in [6, 6.07) is 7.21.